The Morgan fingerprint density at radius 2 is 1.05 bits per heavy atom. The van der Waals surface area contributed by atoms with Gasteiger partial charge in [-0.3, -0.25) is 0 Å². The van der Waals surface area contributed by atoms with Gasteiger partial charge in [0.1, 0.15) is 0 Å². The minimum absolute atomic E-state index is 0.591. The van der Waals surface area contributed by atoms with Crippen molar-refractivity contribution in [2.24, 2.45) is 0 Å². The molecule has 0 heteroatoms. The second kappa shape index (κ2) is 9.65. The van der Waals surface area contributed by atoms with Crippen molar-refractivity contribution >= 4 is 43.1 Å². The predicted molar refractivity (Wildman–Crippen MR) is 173 cm³/mol. The van der Waals surface area contributed by atoms with Crippen LogP contribution in [0.15, 0.2) is 127 Å². The van der Waals surface area contributed by atoms with Crippen LogP contribution in [0.5, 0.6) is 0 Å². The Balaban J connectivity index is 1.59. The second-order valence-corrected chi connectivity index (χ2v) is 11.5. The van der Waals surface area contributed by atoms with Crippen LogP contribution in [0.2, 0.25) is 0 Å². The molecular weight excluding hydrogens is 480 g/mol. The van der Waals surface area contributed by atoms with Crippen molar-refractivity contribution in [2.45, 2.75) is 38.0 Å². The molecule has 0 heterocycles. The summed E-state index contributed by atoms with van der Waals surface area (Å²) in [5, 5.41) is 10.9. The highest BCUT2D eigenvalue weighted by molar-refractivity contribution is 6.24. The molecule has 0 nitrogen and oxygen atoms in total. The zero-order valence-corrected chi connectivity index (χ0v) is 22.7. The normalized spacial score (nSPS) is 14.4. The largest absolute Gasteiger partial charge is 0.0622 e. The highest BCUT2D eigenvalue weighted by atomic mass is 14.3. The van der Waals surface area contributed by atoms with Gasteiger partial charge in [0.2, 0.25) is 0 Å². The van der Waals surface area contributed by atoms with Gasteiger partial charge in [0.05, 0.1) is 0 Å². The fourth-order valence-electron chi connectivity index (χ4n) is 7.49. The first-order valence-electron chi connectivity index (χ1n) is 14.8. The standard InChI is InChI=1S/C40H32/c1-3-14-27(15-4-1)31-24-13-25-36-39(37-26-29-18-7-8-19-30(29)32-20-9-10-21-33(32)37)35-23-12-11-22-34(35)38(40(31)36)28-16-5-2-6-17-28/h1,3-4,7-15,18-26,28H,2,5-6,16-17H2. The minimum atomic E-state index is 0.591. The molecule has 0 aliphatic heterocycles. The van der Waals surface area contributed by atoms with Crippen LogP contribution in [0.1, 0.15) is 43.6 Å². The molecule has 40 heavy (non-hydrogen) atoms. The topological polar surface area (TPSA) is 0 Å². The third-order valence-electron chi connectivity index (χ3n) is 9.23. The quantitative estimate of drug-likeness (QED) is 0.163. The summed E-state index contributed by atoms with van der Waals surface area (Å²) in [5.74, 6) is 0.591. The molecule has 1 aliphatic rings. The Morgan fingerprint density at radius 1 is 0.425 bits per heavy atom. The molecule has 0 amide bonds. The highest BCUT2D eigenvalue weighted by Gasteiger charge is 2.25. The zero-order valence-electron chi connectivity index (χ0n) is 22.7. The molecule has 0 unspecified atom stereocenters. The summed E-state index contributed by atoms with van der Waals surface area (Å²) in [6.45, 7) is 0. The maximum Gasteiger partial charge on any atom is -0.00199 e. The average Bonchev–Trinajstić information content (AvgIpc) is 3.04. The summed E-state index contributed by atoms with van der Waals surface area (Å²) < 4.78 is 0. The van der Waals surface area contributed by atoms with Gasteiger partial charge in [0.15, 0.2) is 0 Å². The fraction of sp³-hybridized carbons (Fsp3) is 0.150. The minimum Gasteiger partial charge on any atom is -0.0622 e. The van der Waals surface area contributed by atoms with E-state index < -0.39 is 0 Å². The molecule has 0 aromatic heterocycles. The molecule has 0 radical (unpaired) electrons. The summed E-state index contributed by atoms with van der Waals surface area (Å²) in [6, 6.07) is 47.5. The van der Waals surface area contributed by atoms with E-state index in [2.05, 4.69) is 127 Å². The van der Waals surface area contributed by atoms with Crippen LogP contribution >= 0.6 is 0 Å². The number of fused-ring (bicyclic) bond motifs is 5. The van der Waals surface area contributed by atoms with Gasteiger partial charge in [0.25, 0.3) is 0 Å². The summed E-state index contributed by atoms with van der Waals surface area (Å²) in [6.07, 6.45) is 6.57. The molecule has 7 aromatic carbocycles. The van der Waals surface area contributed by atoms with Crippen molar-refractivity contribution in [3.63, 3.8) is 0 Å². The van der Waals surface area contributed by atoms with Gasteiger partial charge >= 0.3 is 0 Å². The van der Waals surface area contributed by atoms with Gasteiger partial charge in [-0.15, -0.1) is 0 Å². The molecule has 8 rings (SSSR count). The van der Waals surface area contributed by atoms with E-state index >= 15 is 0 Å². The van der Waals surface area contributed by atoms with Crippen LogP contribution in [-0.2, 0) is 0 Å². The lowest BCUT2D eigenvalue weighted by atomic mass is 9.76. The summed E-state index contributed by atoms with van der Waals surface area (Å²) in [7, 11) is 0. The molecule has 0 N–H and O–H groups in total. The molecule has 0 atom stereocenters. The Kier molecular flexibility index (Phi) is 5.66. The predicted octanol–water partition coefficient (Wildman–Crippen LogP) is 11.7. The fourth-order valence-corrected chi connectivity index (χ4v) is 7.49. The summed E-state index contributed by atoms with van der Waals surface area (Å²) in [5.41, 5.74) is 6.92. The van der Waals surface area contributed by atoms with Gasteiger partial charge in [-0.25, -0.2) is 0 Å². The lowest BCUT2D eigenvalue weighted by molar-refractivity contribution is 0.447. The van der Waals surface area contributed by atoms with Crippen LogP contribution < -0.4 is 0 Å². The lowest BCUT2D eigenvalue weighted by Gasteiger charge is -2.28. The average molecular weight is 513 g/mol. The molecule has 1 saturated carbocycles. The van der Waals surface area contributed by atoms with E-state index in [-0.39, 0.29) is 0 Å². The van der Waals surface area contributed by atoms with E-state index in [0.29, 0.717) is 5.92 Å². The van der Waals surface area contributed by atoms with Gasteiger partial charge in [0, 0.05) is 0 Å². The number of hydrogen-bond acceptors (Lipinski definition) is 0. The molecule has 0 spiro atoms. The van der Waals surface area contributed by atoms with E-state index in [1.54, 1.807) is 5.56 Å². The van der Waals surface area contributed by atoms with Crippen LogP contribution in [0.3, 0.4) is 0 Å². The Bertz CT molecular complexity index is 2020. The van der Waals surface area contributed by atoms with Gasteiger partial charge in [-0.2, -0.15) is 0 Å². The first-order valence-corrected chi connectivity index (χ1v) is 14.8. The SMILES string of the molecule is c1ccc(-c2cccc3c(-c4cc5ccccc5c5ccccc45)c4ccccc4c(C4CCCCC4)c23)cc1. The van der Waals surface area contributed by atoms with Gasteiger partial charge in [-0.05, 0) is 95.7 Å². The Morgan fingerprint density at radius 3 is 1.85 bits per heavy atom. The van der Waals surface area contributed by atoms with E-state index in [1.807, 2.05) is 0 Å². The van der Waals surface area contributed by atoms with Crippen molar-refractivity contribution < 1.29 is 0 Å². The van der Waals surface area contributed by atoms with Crippen LogP contribution in [-0.4, -0.2) is 0 Å². The Hall–Kier alpha value is -4.42. The van der Waals surface area contributed by atoms with Crippen molar-refractivity contribution in [3.05, 3.63) is 133 Å². The molecule has 0 saturated heterocycles. The number of hydrogen-bond donors (Lipinski definition) is 0. The van der Waals surface area contributed by atoms with E-state index in [4.69, 9.17) is 0 Å². The van der Waals surface area contributed by atoms with Crippen molar-refractivity contribution in [1.29, 1.82) is 0 Å². The maximum atomic E-state index is 2.44. The van der Waals surface area contributed by atoms with Gasteiger partial charge < -0.3 is 0 Å². The van der Waals surface area contributed by atoms with Crippen molar-refractivity contribution in [2.75, 3.05) is 0 Å². The van der Waals surface area contributed by atoms with Crippen LogP contribution in [0.4, 0.5) is 0 Å². The second-order valence-electron chi connectivity index (χ2n) is 11.5. The molecular formula is C40H32. The van der Waals surface area contributed by atoms with Crippen LogP contribution in [0.25, 0.3) is 65.3 Å². The van der Waals surface area contributed by atoms with Crippen LogP contribution in [0, 0.1) is 0 Å². The first kappa shape index (κ1) is 23.5. The first-order chi connectivity index (χ1) is 19.9. The number of rotatable bonds is 3. The summed E-state index contributed by atoms with van der Waals surface area (Å²) >= 11 is 0. The smallest absolute Gasteiger partial charge is 0.00199 e. The van der Waals surface area contributed by atoms with Crippen molar-refractivity contribution in [1.82, 2.24) is 0 Å². The van der Waals surface area contributed by atoms with E-state index in [9.17, 15) is 0 Å². The Labute approximate surface area is 235 Å². The molecule has 192 valence electrons. The van der Waals surface area contributed by atoms with E-state index in [0.717, 1.165) is 0 Å². The molecule has 1 fully saturated rings. The van der Waals surface area contributed by atoms with Gasteiger partial charge in [-0.1, -0.05) is 141 Å². The lowest BCUT2D eigenvalue weighted by Crippen LogP contribution is -2.07. The number of benzene rings is 7. The maximum absolute atomic E-state index is 2.44. The molecule has 1 aliphatic carbocycles. The monoisotopic (exact) mass is 512 g/mol. The summed E-state index contributed by atoms with van der Waals surface area (Å²) in [4.78, 5) is 0. The molecule has 0 bridgehead atoms. The van der Waals surface area contributed by atoms with Crippen molar-refractivity contribution in [3.8, 4) is 22.3 Å². The third-order valence-corrected chi connectivity index (χ3v) is 9.23. The van der Waals surface area contributed by atoms with E-state index in [1.165, 1.54) is 97.4 Å². The zero-order chi connectivity index (χ0) is 26.5. The molecule has 7 aromatic rings. The highest BCUT2D eigenvalue weighted by Crippen LogP contribution is 2.49. The third kappa shape index (κ3) is 3.67.